The van der Waals surface area contributed by atoms with Gasteiger partial charge in [0.1, 0.15) is 11.8 Å². The molecule has 0 spiro atoms. The molecule has 2 heterocycles. The van der Waals surface area contributed by atoms with Crippen LogP contribution in [-0.4, -0.2) is 69.9 Å². The van der Waals surface area contributed by atoms with Crippen LogP contribution in [0.2, 0.25) is 0 Å². The number of hydrogen-bond donors (Lipinski definition) is 1. The lowest BCUT2D eigenvalue weighted by Crippen LogP contribution is -2.49. The molecule has 0 radical (unpaired) electrons. The summed E-state index contributed by atoms with van der Waals surface area (Å²) in [6, 6.07) is 3.58. The molecule has 2 saturated heterocycles. The van der Waals surface area contributed by atoms with Crippen molar-refractivity contribution in [1.29, 1.82) is 0 Å². The van der Waals surface area contributed by atoms with Gasteiger partial charge in [-0.3, -0.25) is 4.79 Å². The molecule has 3 rings (SSSR count). The summed E-state index contributed by atoms with van der Waals surface area (Å²) in [6.45, 7) is 3.36. The molecule has 9 nitrogen and oxygen atoms in total. The van der Waals surface area contributed by atoms with Crippen molar-refractivity contribution in [2.24, 2.45) is 0 Å². The number of piperidine rings is 2. The topological polar surface area (TPSA) is 113 Å². The fourth-order valence-corrected chi connectivity index (χ4v) is 6.75. The van der Waals surface area contributed by atoms with Crippen molar-refractivity contribution in [1.82, 2.24) is 8.61 Å². The first-order chi connectivity index (χ1) is 14.6. The van der Waals surface area contributed by atoms with Crippen molar-refractivity contribution >= 4 is 31.6 Å². The fourth-order valence-electron chi connectivity index (χ4n) is 4.08. The predicted molar refractivity (Wildman–Crippen MR) is 118 cm³/mol. The Balaban J connectivity index is 1.90. The van der Waals surface area contributed by atoms with E-state index in [-0.39, 0.29) is 10.6 Å². The zero-order valence-corrected chi connectivity index (χ0v) is 19.7. The predicted octanol–water partition coefficient (Wildman–Crippen LogP) is 2.01. The van der Waals surface area contributed by atoms with E-state index in [4.69, 9.17) is 4.74 Å². The maximum atomic E-state index is 13.1. The minimum atomic E-state index is -3.69. The van der Waals surface area contributed by atoms with Gasteiger partial charge in [0.05, 0.1) is 23.4 Å². The number of hydrogen-bond acceptors (Lipinski definition) is 6. The Morgan fingerprint density at radius 1 is 1.06 bits per heavy atom. The second kappa shape index (κ2) is 9.85. The van der Waals surface area contributed by atoms with E-state index in [1.165, 1.54) is 26.8 Å². The molecule has 1 aromatic carbocycles. The Kier molecular flexibility index (Phi) is 7.61. The van der Waals surface area contributed by atoms with Crippen LogP contribution in [0.25, 0.3) is 0 Å². The van der Waals surface area contributed by atoms with Gasteiger partial charge in [-0.2, -0.15) is 8.61 Å². The molecule has 2 fully saturated rings. The number of carbonyl (C=O) groups is 1. The molecule has 1 amide bonds. The molecule has 1 atom stereocenters. The maximum Gasteiger partial charge on any atom is 0.243 e. The third-order valence-corrected chi connectivity index (χ3v) is 8.83. The monoisotopic (exact) mass is 473 g/mol. The molecular formula is C20H31N3O6S2. The number of amides is 1. The van der Waals surface area contributed by atoms with Crippen LogP contribution in [0.5, 0.6) is 5.75 Å². The highest BCUT2D eigenvalue weighted by atomic mass is 32.2. The van der Waals surface area contributed by atoms with E-state index in [2.05, 4.69) is 5.32 Å². The zero-order valence-electron chi connectivity index (χ0n) is 18.0. The van der Waals surface area contributed by atoms with Crippen LogP contribution in [0.15, 0.2) is 23.1 Å². The lowest BCUT2D eigenvalue weighted by Gasteiger charge is -2.32. The molecule has 1 N–H and O–H groups in total. The van der Waals surface area contributed by atoms with Crippen molar-refractivity contribution in [3.8, 4) is 5.75 Å². The molecule has 2 aliphatic rings. The Labute approximate surface area is 184 Å². The maximum absolute atomic E-state index is 13.1. The van der Waals surface area contributed by atoms with Gasteiger partial charge in [0.15, 0.2) is 0 Å². The van der Waals surface area contributed by atoms with Gasteiger partial charge in [0, 0.05) is 19.6 Å². The highest BCUT2D eigenvalue weighted by molar-refractivity contribution is 7.89. The molecule has 11 heteroatoms. The number of nitrogens with one attached hydrogen (secondary N) is 1. The number of rotatable bonds is 7. The van der Waals surface area contributed by atoms with Crippen molar-refractivity contribution in [2.45, 2.75) is 56.4 Å². The smallest absolute Gasteiger partial charge is 0.243 e. The third kappa shape index (κ3) is 5.57. The van der Waals surface area contributed by atoms with Crippen molar-refractivity contribution in [2.75, 3.05) is 37.8 Å². The van der Waals surface area contributed by atoms with Gasteiger partial charge in [0.25, 0.3) is 0 Å². The molecule has 31 heavy (non-hydrogen) atoms. The summed E-state index contributed by atoms with van der Waals surface area (Å²) in [5.74, 6) is -0.145. The minimum Gasteiger partial charge on any atom is -0.492 e. The first-order valence-corrected chi connectivity index (χ1v) is 14.0. The number of sulfonamides is 2. The number of nitrogens with zero attached hydrogens (tertiary/aromatic N) is 2. The van der Waals surface area contributed by atoms with Crippen molar-refractivity contribution in [3.63, 3.8) is 0 Å². The van der Waals surface area contributed by atoms with Gasteiger partial charge in [-0.1, -0.05) is 12.8 Å². The molecule has 0 bridgehead atoms. The van der Waals surface area contributed by atoms with E-state index < -0.39 is 32.0 Å². The van der Waals surface area contributed by atoms with E-state index in [1.54, 1.807) is 6.92 Å². The lowest BCUT2D eigenvalue weighted by molar-refractivity contribution is -0.120. The molecule has 1 aromatic rings. The van der Waals surface area contributed by atoms with Gasteiger partial charge in [0.2, 0.25) is 26.0 Å². The number of benzene rings is 1. The van der Waals surface area contributed by atoms with Crippen LogP contribution in [0, 0.1) is 0 Å². The third-order valence-electron chi connectivity index (χ3n) is 5.64. The molecular weight excluding hydrogens is 442 g/mol. The van der Waals surface area contributed by atoms with E-state index in [0.717, 1.165) is 31.9 Å². The number of carbonyl (C=O) groups excluding carboxylic acids is 1. The number of ether oxygens (including phenoxy) is 1. The SMILES string of the molecule is CCOc1ccc(S(=O)(=O)N2CCCCC2)cc1NC(=O)C1CCCCN1S(C)(=O)=O. The molecule has 2 aliphatic heterocycles. The van der Waals surface area contributed by atoms with Crippen LogP contribution in [0.4, 0.5) is 5.69 Å². The lowest BCUT2D eigenvalue weighted by atomic mass is 10.0. The normalized spacial score (nSPS) is 21.5. The van der Waals surface area contributed by atoms with Gasteiger partial charge in [-0.05, 0) is 50.8 Å². The average molecular weight is 474 g/mol. The van der Waals surface area contributed by atoms with Gasteiger partial charge >= 0.3 is 0 Å². The van der Waals surface area contributed by atoms with Gasteiger partial charge < -0.3 is 10.1 Å². The largest absolute Gasteiger partial charge is 0.492 e. The standard InChI is InChI=1S/C20H31N3O6S2/c1-3-29-19-11-10-16(31(27,28)22-12-6-4-7-13-22)15-17(19)21-20(24)18-9-5-8-14-23(18)30(2,25)26/h10-11,15,18H,3-9,12-14H2,1-2H3,(H,21,24). The first kappa shape index (κ1) is 24.0. The molecule has 174 valence electrons. The Bertz CT molecular complexity index is 1000. The first-order valence-electron chi connectivity index (χ1n) is 10.7. The summed E-state index contributed by atoms with van der Waals surface area (Å²) in [4.78, 5) is 13.1. The Hall–Kier alpha value is -1.69. The summed E-state index contributed by atoms with van der Waals surface area (Å²) < 4.78 is 58.6. The van der Waals surface area contributed by atoms with E-state index in [9.17, 15) is 21.6 Å². The molecule has 0 saturated carbocycles. The Morgan fingerprint density at radius 2 is 1.74 bits per heavy atom. The zero-order chi connectivity index (χ0) is 22.6. The van der Waals surface area contributed by atoms with Crippen LogP contribution in [0.3, 0.4) is 0 Å². The van der Waals surface area contributed by atoms with Crippen LogP contribution in [0.1, 0.15) is 45.4 Å². The fraction of sp³-hybridized carbons (Fsp3) is 0.650. The second-order valence-corrected chi connectivity index (χ2v) is 11.8. The summed E-state index contributed by atoms with van der Waals surface area (Å²) >= 11 is 0. The highest BCUT2D eigenvalue weighted by Gasteiger charge is 2.35. The van der Waals surface area contributed by atoms with Crippen LogP contribution in [-0.2, 0) is 24.8 Å². The second-order valence-electron chi connectivity index (χ2n) is 7.93. The summed E-state index contributed by atoms with van der Waals surface area (Å²) in [5.41, 5.74) is 0.226. The van der Waals surface area contributed by atoms with E-state index >= 15 is 0 Å². The summed E-state index contributed by atoms with van der Waals surface area (Å²) in [7, 11) is -7.23. The summed E-state index contributed by atoms with van der Waals surface area (Å²) in [5, 5.41) is 2.73. The Morgan fingerprint density at radius 3 is 2.39 bits per heavy atom. The molecule has 0 aromatic heterocycles. The van der Waals surface area contributed by atoms with E-state index in [0.29, 0.717) is 44.8 Å². The van der Waals surface area contributed by atoms with Crippen LogP contribution < -0.4 is 10.1 Å². The quantitative estimate of drug-likeness (QED) is 0.648. The van der Waals surface area contributed by atoms with Gasteiger partial charge in [-0.15, -0.1) is 0 Å². The van der Waals surface area contributed by atoms with Crippen molar-refractivity contribution < 1.29 is 26.4 Å². The van der Waals surface area contributed by atoms with E-state index in [1.807, 2.05) is 0 Å². The minimum absolute atomic E-state index is 0.0803. The van der Waals surface area contributed by atoms with Gasteiger partial charge in [-0.25, -0.2) is 16.8 Å². The molecule has 0 aliphatic carbocycles. The number of anilines is 1. The average Bonchev–Trinajstić information content (AvgIpc) is 2.75. The molecule has 1 unspecified atom stereocenters. The highest BCUT2D eigenvalue weighted by Crippen LogP contribution is 2.31. The van der Waals surface area contributed by atoms with Crippen LogP contribution >= 0.6 is 0 Å². The summed E-state index contributed by atoms with van der Waals surface area (Å²) in [6.07, 6.45) is 5.60. The van der Waals surface area contributed by atoms with Crippen molar-refractivity contribution in [3.05, 3.63) is 18.2 Å².